The fraction of sp³-hybridized carbons (Fsp3) is 0.211. The molecule has 0 fully saturated rings. The molecule has 0 aliphatic heterocycles. The highest BCUT2D eigenvalue weighted by Gasteiger charge is 2.28. The zero-order chi connectivity index (χ0) is 18.9. The number of imide groups is 1. The number of carbonyl (C=O) groups is 3. The summed E-state index contributed by atoms with van der Waals surface area (Å²) in [6.45, 7) is 2.08. The van der Waals surface area contributed by atoms with Crippen LogP contribution in [0.3, 0.4) is 0 Å². The van der Waals surface area contributed by atoms with E-state index < -0.39 is 24.0 Å². The molecule has 0 saturated heterocycles. The first-order chi connectivity index (χ1) is 12.6. The molecule has 136 valence electrons. The Bertz CT molecular complexity index is 777. The van der Waals surface area contributed by atoms with Crippen LogP contribution in [0, 0.1) is 0 Å². The second-order valence-corrected chi connectivity index (χ2v) is 5.25. The summed E-state index contributed by atoms with van der Waals surface area (Å²) in [5.74, 6) is -1.15. The lowest BCUT2D eigenvalue weighted by Gasteiger charge is -2.18. The molecule has 3 amide bonds. The van der Waals surface area contributed by atoms with Crippen LogP contribution < -0.4 is 15.4 Å². The number of hydrogen-bond acceptors (Lipinski definition) is 5. The number of nitrogens with one attached hydrogen (secondary N) is 2. The molecular formula is C19H20N2O5. The van der Waals surface area contributed by atoms with Crippen molar-refractivity contribution in [2.45, 2.75) is 13.0 Å². The van der Waals surface area contributed by atoms with Gasteiger partial charge in [0.25, 0.3) is 5.91 Å². The zero-order valence-electron chi connectivity index (χ0n) is 14.5. The van der Waals surface area contributed by atoms with Crippen LogP contribution in [-0.4, -0.2) is 31.6 Å². The Kier molecular flexibility index (Phi) is 6.73. The Morgan fingerprint density at radius 1 is 1.00 bits per heavy atom. The van der Waals surface area contributed by atoms with E-state index >= 15 is 0 Å². The number of ether oxygens (including phenoxy) is 2. The monoisotopic (exact) mass is 356 g/mol. The van der Waals surface area contributed by atoms with Gasteiger partial charge in [0.2, 0.25) is 6.10 Å². The van der Waals surface area contributed by atoms with E-state index in [1.54, 1.807) is 55.5 Å². The van der Waals surface area contributed by atoms with Crippen LogP contribution in [-0.2, 0) is 9.53 Å². The minimum absolute atomic E-state index is 0.182. The van der Waals surface area contributed by atoms with Crippen LogP contribution in [0.25, 0.3) is 0 Å². The molecular weight excluding hydrogens is 336 g/mol. The first-order valence-electron chi connectivity index (χ1n) is 8.04. The summed E-state index contributed by atoms with van der Waals surface area (Å²) in [6.07, 6.45) is -1.28. The molecule has 0 unspecified atom stereocenters. The molecule has 0 spiro atoms. The average molecular weight is 356 g/mol. The summed E-state index contributed by atoms with van der Waals surface area (Å²) in [5, 5.41) is 4.62. The van der Waals surface area contributed by atoms with Crippen molar-refractivity contribution in [1.82, 2.24) is 10.6 Å². The normalized spacial score (nSPS) is 11.2. The van der Waals surface area contributed by atoms with Crippen molar-refractivity contribution >= 4 is 17.9 Å². The van der Waals surface area contributed by atoms with Crippen molar-refractivity contribution < 1.29 is 23.9 Å². The summed E-state index contributed by atoms with van der Waals surface area (Å²) in [4.78, 5) is 36.7. The highest BCUT2D eigenvalue weighted by molar-refractivity contribution is 5.99. The molecule has 0 heterocycles. The number of amides is 3. The lowest BCUT2D eigenvalue weighted by atomic mass is 10.1. The van der Waals surface area contributed by atoms with Gasteiger partial charge >= 0.3 is 12.0 Å². The second kappa shape index (κ2) is 9.22. The van der Waals surface area contributed by atoms with Crippen molar-refractivity contribution in [3.63, 3.8) is 0 Å². The smallest absolute Gasteiger partial charge is 0.343 e. The molecule has 2 rings (SSSR count). The Morgan fingerprint density at radius 2 is 1.65 bits per heavy atom. The van der Waals surface area contributed by atoms with E-state index in [2.05, 4.69) is 10.6 Å². The minimum Gasteiger partial charge on any atom is -0.496 e. The Labute approximate surface area is 151 Å². The number of urea groups is 1. The third-order valence-corrected chi connectivity index (χ3v) is 3.47. The fourth-order valence-electron chi connectivity index (χ4n) is 2.27. The molecule has 0 aromatic heterocycles. The standard InChI is InChI=1S/C19H20N2O5/c1-3-20-19(24)21-17(22)16(13-9-5-4-6-10-13)26-18(23)14-11-7-8-12-15(14)25-2/h4-12,16H,3H2,1-2H3,(H2,20,21,22,24)/t16-/m0/s1. The SMILES string of the molecule is CCNC(=O)NC(=O)[C@@H](OC(=O)c1ccccc1OC)c1ccccc1. The van der Waals surface area contributed by atoms with Crippen molar-refractivity contribution in [2.75, 3.05) is 13.7 Å². The van der Waals surface area contributed by atoms with Crippen molar-refractivity contribution in [3.8, 4) is 5.75 Å². The first-order valence-corrected chi connectivity index (χ1v) is 8.04. The van der Waals surface area contributed by atoms with E-state index in [-0.39, 0.29) is 5.56 Å². The van der Waals surface area contributed by atoms with Crippen LogP contribution in [0.15, 0.2) is 54.6 Å². The van der Waals surface area contributed by atoms with E-state index in [1.165, 1.54) is 13.2 Å². The van der Waals surface area contributed by atoms with Gasteiger partial charge < -0.3 is 14.8 Å². The fourth-order valence-corrected chi connectivity index (χ4v) is 2.27. The molecule has 7 heteroatoms. The molecule has 1 atom stereocenters. The van der Waals surface area contributed by atoms with E-state index in [1.807, 2.05) is 0 Å². The minimum atomic E-state index is -1.28. The number of rotatable bonds is 6. The second-order valence-electron chi connectivity index (χ2n) is 5.25. The van der Waals surface area contributed by atoms with Crippen molar-refractivity contribution in [2.24, 2.45) is 0 Å². The molecule has 0 aliphatic rings. The highest BCUT2D eigenvalue weighted by Crippen LogP contribution is 2.23. The molecule has 2 N–H and O–H groups in total. The van der Waals surface area contributed by atoms with Crippen molar-refractivity contribution in [1.29, 1.82) is 0 Å². The average Bonchev–Trinajstić information content (AvgIpc) is 2.66. The predicted molar refractivity (Wildman–Crippen MR) is 94.8 cm³/mol. The molecule has 26 heavy (non-hydrogen) atoms. The number of para-hydroxylation sites is 1. The third-order valence-electron chi connectivity index (χ3n) is 3.47. The van der Waals surface area contributed by atoms with Gasteiger partial charge in [0.1, 0.15) is 11.3 Å². The molecule has 0 aliphatic carbocycles. The highest BCUT2D eigenvalue weighted by atomic mass is 16.6. The lowest BCUT2D eigenvalue weighted by molar-refractivity contribution is -0.129. The summed E-state index contributed by atoms with van der Waals surface area (Å²) < 4.78 is 10.5. The van der Waals surface area contributed by atoms with Crippen LogP contribution >= 0.6 is 0 Å². The molecule has 0 saturated carbocycles. The first kappa shape index (κ1) is 19.0. The maximum atomic E-state index is 12.5. The van der Waals surface area contributed by atoms with E-state index in [4.69, 9.17) is 9.47 Å². The van der Waals surface area contributed by atoms with Crippen LogP contribution in [0.1, 0.15) is 28.9 Å². The van der Waals surface area contributed by atoms with Gasteiger partial charge in [-0.1, -0.05) is 42.5 Å². The summed E-state index contributed by atoms with van der Waals surface area (Å²) in [7, 11) is 1.43. The summed E-state index contributed by atoms with van der Waals surface area (Å²) >= 11 is 0. The van der Waals surface area contributed by atoms with Crippen LogP contribution in [0.2, 0.25) is 0 Å². The summed E-state index contributed by atoms with van der Waals surface area (Å²) in [5.41, 5.74) is 0.624. The Hall–Kier alpha value is -3.35. The zero-order valence-corrected chi connectivity index (χ0v) is 14.5. The van der Waals surface area contributed by atoms with Gasteiger partial charge in [-0.2, -0.15) is 0 Å². The molecule has 0 bridgehead atoms. The van der Waals surface area contributed by atoms with Crippen LogP contribution in [0.5, 0.6) is 5.75 Å². The van der Waals surface area contributed by atoms with Crippen LogP contribution in [0.4, 0.5) is 4.79 Å². The predicted octanol–water partition coefficient (Wildman–Crippen LogP) is 2.44. The quantitative estimate of drug-likeness (QED) is 0.776. The molecule has 2 aromatic rings. The number of methoxy groups -OCH3 is 1. The van der Waals surface area contributed by atoms with Crippen molar-refractivity contribution in [3.05, 3.63) is 65.7 Å². The van der Waals surface area contributed by atoms with Gasteiger partial charge in [0.05, 0.1) is 7.11 Å². The number of carbonyl (C=O) groups excluding carboxylic acids is 3. The maximum Gasteiger partial charge on any atom is 0.343 e. The van der Waals surface area contributed by atoms with Gasteiger partial charge in [0.15, 0.2) is 0 Å². The molecule has 2 aromatic carbocycles. The largest absolute Gasteiger partial charge is 0.496 e. The Morgan fingerprint density at radius 3 is 2.31 bits per heavy atom. The Balaban J connectivity index is 2.25. The molecule has 7 nitrogen and oxygen atoms in total. The van der Waals surface area contributed by atoms with Gasteiger partial charge in [-0.3, -0.25) is 10.1 Å². The number of benzene rings is 2. The third kappa shape index (κ3) is 4.83. The van der Waals surface area contributed by atoms with Gasteiger partial charge in [0, 0.05) is 12.1 Å². The van der Waals surface area contributed by atoms with E-state index in [9.17, 15) is 14.4 Å². The van der Waals surface area contributed by atoms with Gasteiger partial charge in [-0.25, -0.2) is 9.59 Å². The summed E-state index contributed by atoms with van der Waals surface area (Å²) in [6, 6.07) is 14.3. The number of esters is 1. The maximum absolute atomic E-state index is 12.5. The number of hydrogen-bond donors (Lipinski definition) is 2. The molecule has 0 radical (unpaired) electrons. The van der Waals surface area contributed by atoms with E-state index in [0.717, 1.165) is 0 Å². The van der Waals surface area contributed by atoms with E-state index in [0.29, 0.717) is 17.9 Å². The topological polar surface area (TPSA) is 93.7 Å². The van der Waals surface area contributed by atoms with Gasteiger partial charge in [-0.05, 0) is 19.1 Å². The van der Waals surface area contributed by atoms with Gasteiger partial charge in [-0.15, -0.1) is 0 Å². The lowest BCUT2D eigenvalue weighted by Crippen LogP contribution is -2.42.